The smallest absolute Gasteiger partial charge is 0.253 e. The summed E-state index contributed by atoms with van der Waals surface area (Å²) in [7, 11) is 0. The molecule has 0 aromatic heterocycles. The van der Waals surface area contributed by atoms with E-state index in [1.54, 1.807) is 0 Å². The molecule has 0 bridgehead atoms. The molecular weight excluding hydrogens is 388 g/mol. The zero-order valence-electron chi connectivity index (χ0n) is 18.3. The average molecular weight is 421 g/mol. The molecule has 2 aromatic rings. The first-order chi connectivity index (χ1) is 15.1. The highest BCUT2D eigenvalue weighted by molar-refractivity contribution is 5.94. The number of likely N-dealkylation sites (tertiary alicyclic amines) is 1. The molecule has 2 fully saturated rings. The first-order valence-electron chi connectivity index (χ1n) is 11.4. The van der Waals surface area contributed by atoms with Crippen LogP contribution in [0.4, 0.5) is 0 Å². The van der Waals surface area contributed by atoms with Crippen LogP contribution in [0.3, 0.4) is 0 Å². The number of amides is 2. The number of ether oxygens (including phenoxy) is 1. The van der Waals surface area contributed by atoms with E-state index >= 15 is 0 Å². The predicted molar refractivity (Wildman–Crippen MR) is 121 cm³/mol. The Morgan fingerprint density at radius 3 is 2.16 bits per heavy atom. The Labute approximate surface area is 185 Å². The van der Waals surface area contributed by atoms with Crippen molar-refractivity contribution in [1.29, 1.82) is 0 Å². The molecule has 5 nitrogen and oxygen atoms in total. The molecule has 0 unspecified atom stereocenters. The van der Waals surface area contributed by atoms with Gasteiger partial charge in [0, 0.05) is 44.0 Å². The van der Waals surface area contributed by atoms with E-state index in [1.165, 1.54) is 0 Å². The highest BCUT2D eigenvalue weighted by Gasteiger charge is 2.34. The van der Waals surface area contributed by atoms with Crippen LogP contribution >= 0.6 is 0 Å². The van der Waals surface area contributed by atoms with Crippen LogP contribution in [0.15, 0.2) is 54.6 Å². The van der Waals surface area contributed by atoms with Gasteiger partial charge in [-0.05, 0) is 50.3 Å². The van der Waals surface area contributed by atoms with Crippen LogP contribution in [0.1, 0.15) is 47.2 Å². The van der Waals surface area contributed by atoms with Gasteiger partial charge in [0.05, 0.1) is 6.42 Å². The van der Waals surface area contributed by atoms with Crippen LogP contribution < -0.4 is 0 Å². The van der Waals surface area contributed by atoms with Crippen LogP contribution in [0.25, 0.3) is 0 Å². The molecule has 0 aliphatic carbocycles. The molecule has 2 aliphatic heterocycles. The topological polar surface area (TPSA) is 49.9 Å². The van der Waals surface area contributed by atoms with Gasteiger partial charge in [-0.1, -0.05) is 48.0 Å². The number of aryl methyl sites for hydroxylation is 1. The number of carbonyl (C=O) groups excluding carboxylic acids is 2. The fraction of sp³-hybridized carbons (Fsp3) is 0.462. The third-order valence-corrected chi connectivity index (χ3v) is 6.51. The van der Waals surface area contributed by atoms with Crippen LogP contribution in [0.5, 0.6) is 0 Å². The van der Waals surface area contributed by atoms with E-state index in [0.717, 1.165) is 42.4 Å². The molecule has 0 radical (unpaired) electrons. The Morgan fingerprint density at radius 2 is 1.52 bits per heavy atom. The fourth-order valence-electron chi connectivity index (χ4n) is 4.76. The minimum absolute atomic E-state index is 0.0895. The summed E-state index contributed by atoms with van der Waals surface area (Å²) in [4.78, 5) is 30.4. The number of nitrogens with zero attached hydrogens (tertiary/aromatic N) is 2. The number of rotatable bonds is 5. The molecule has 2 aliphatic rings. The summed E-state index contributed by atoms with van der Waals surface area (Å²) in [6.45, 7) is 4.83. The molecule has 0 atom stereocenters. The number of hydrogen-bond donors (Lipinski definition) is 0. The molecule has 2 saturated heterocycles. The van der Waals surface area contributed by atoms with Crippen molar-refractivity contribution < 1.29 is 14.3 Å². The molecule has 2 aromatic carbocycles. The summed E-state index contributed by atoms with van der Waals surface area (Å²) in [6.07, 6.45) is 3.87. The zero-order chi connectivity index (χ0) is 21.6. The van der Waals surface area contributed by atoms with Crippen molar-refractivity contribution in [1.82, 2.24) is 9.80 Å². The highest BCUT2D eigenvalue weighted by Crippen LogP contribution is 2.26. The minimum Gasteiger partial charge on any atom is -0.381 e. The van der Waals surface area contributed by atoms with Crippen LogP contribution in [-0.2, 0) is 16.0 Å². The second-order valence-corrected chi connectivity index (χ2v) is 8.70. The lowest BCUT2D eigenvalue weighted by Gasteiger charge is -2.43. The number of benzene rings is 2. The van der Waals surface area contributed by atoms with Gasteiger partial charge < -0.3 is 14.5 Å². The number of carbonyl (C=O) groups is 2. The number of piperidine rings is 1. The van der Waals surface area contributed by atoms with E-state index in [1.807, 2.05) is 66.4 Å². The first-order valence-corrected chi connectivity index (χ1v) is 11.4. The van der Waals surface area contributed by atoms with Gasteiger partial charge in [-0.15, -0.1) is 0 Å². The highest BCUT2D eigenvalue weighted by atomic mass is 16.5. The summed E-state index contributed by atoms with van der Waals surface area (Å²) in [5.41, 5.74) is 2.95. The molecule has 0 spiro atoms. The SMILES string of the molecule is Cc1ccc(C(=O)N2CCC(N(C(=O)Cc3ccccc3)C3CCOCC3)CC2)cc1. The van der Waals surface area contributed by atoms with Gasteiger partial charge in [0.1, 0.15) is 0 Å². The molecule has 5 heteroatoms. The van der Waals surface area contributed by atoms with Crippen LogP contribution in [-0.4, -0.2) is 60.0 Å². The van der Waals surface area contributed by atoms with Gasteiger partial charge in [0.2, 0.25) is 5.91 Å². The van der Waals surface area contributed by atoms with Crippen molar-refractivity contribution in [3.05, 3.63) is 71.3 Å². The summed E-state index contributed by atoms with van der Waals surface area (Å²) in [5.74, 6) is 0.285. The summed E-state index contributed by atoms with van der Waals surface area (Å²) < 4.78 is 5.55. The van der Waals surface area contributed by atoms with E-state index in [9.17, 15) is 9.59 Å². The zero-order valence-corrected chi connectivity index (χ0v) is 18.3. The molecule has 2 amide bonds. The lowest BCUT2D eigenvalue weighted by Crippen LogP contribution is -2.54. The Hall–Kier alpha value is -2.66. The van der Waals surface area contributed by atoms with Crippen molar-refractivity contribution in [2.24, 2.45) is 0 Å². The second kappa shape index (κ2) is 10.1. The minimum atomic E-state index is 0.0895. The van der Waals surface area contributed by atoms with E-state index in [2.05, 4.69) is 4.90 Å². The maximum atomic E-state index is 13.4. The quantitative estimate of drug-likeness (QED) is 0.738. The predicted octanol–water partition coefficient (Wildman–Crippen LogP) is 3.85. The average Bonchev–Trinajstić information content (AvgIpc) is 2.81. The largest absolute Gasteiger partial charge is 0.381 e. The first kappa shape index (κ1) is 21.6. The molecule has 0 saturated carbocycles. The van der Waals surface area contributed by atoms with Crippen molar-refractivity contribution in [3.63, 3.8) is 0 Å². The lowest BCUT2D eigenvalue weighted by molar-refractivity contribution is -0.139. The normalized spacial score (nSPS) is 18.0. The van der Waals surface area contributed by atoms with Crippen LogP contribution in [0.2, 0.25) is 0 Å². The summed E-state index contributed by atoms with van der Waals surface area (Å²) in [5, 5.41) is 0. The van der Waals surface area contributed by atoms with E-state index < -0.39 is 0 Å². The Bertz CT molecular complexity index is 867. The van der Waals surface area contributed by atoms with Gasteiger partial charge in [0.25, 0.3) is 5.91 Å². The standard InChI is InChI=1S/C26H32N2O3/c1-20-7-9-22(10-8-20)26(30)27-15-11-23(12-16-27)28(24-13-17-31-18-14-24)25(29)19-21-5-3-2-4-6-21/h2-10,23-24H,11-19H2,1H3. The molecule has 31 heavy (non-hydrogen) atoms. The van der Waals surface area contributed by atoms with E-state index in [0.29, 0.717) is 32.7 Å². The molecular formula is C26H32N2O3. The van der Waals surface area contributed by atoms with Gasteiger partial charge in [-0.2, -0.15) is 0 Å². The van der Waals surface area contributed by atoms with E-state index in [4.69, 9.17) is 4.74 Å². The second-order valence-electron chi connectivity index (χ2n) is 8.70. The third-order valence-electron chi connectivity index (χ3n) is 6.51. The van der Waals surface area contributed by atoms with Crippen molar-refractivity contribution in [2.75, 3.05) is 26.3 Å². The van der Waals surface area contributed by atoms with Gasteiger partial charge in [0.15, 0.2) is 0 Å². The molecule has 0 N–H and O–H groups in total. The number of hydrogen-bond acceptors (Lipinski definition) is 3. The maximum Gasteiger partial charge on any atom is 0.253 e. The molecule has 164 valence electrons. The summed E-state index contributed by atoms with van der Waals surface area (Å²) >= 11 is 0. The van der Waals surface area contributed by atoms with Crippen molar-refractivity contribution in [3.8, 4) is 0 Å². The fourth-order valence-corrected chi connectivity index (χ4v) is 4.76. The van der Waals surface area contributed by atoms with Crippen molar-refractivity contribution >= 4 is 11.8 Å². The van der Waals surface area contributed by atoms with Crippen molar-refractivity contribution in [2.45, 2.75) is 51.1 Å². The maximum absolute atomic E-state index is 13.4. The molecule has 4 rings (SSSR count). The van der Waals surface area contributed by atoms with Gasteiger partial charge in [-0.25, -0.2) is 0 Å². The molecule has 2 heterocycles. The monoisotopic (exact) mass is 420 g/mol. The Morgan fingerprint density at radius 1 is 0.903 bits per heavy atom. The Kier molecular flexibility index (Phi) is 7.03. The Balaban J connectivity index is 1.43. The lowest BCUT2D eigenvalue weighted by atomic mass is 9.96. The van der Waals surface area contributed by atoms with Gasteiger partial charge >= 0.3 is 0 Å². The summed E-state index contributed by atoms with van der Waals surface area (Å²) in [6, 6.07) is 18.2. The van der Waals surface area contributed by atoms with Gasteiger partial charge in [-0.3, -0.25) is 9.59 Å². The van der Waals surface area contributed by atoms with E-state index in [-0.39, 0.29) is 23.9 Å². The third kappa shape index (κ3) is 5.34. The van der Waals surface area contributed by atoms with Crippen LogP contribution in [0, 0.1) is 6.92 Å².